The molecule has 4 heteroatoms. The van der Waals surface area contributed by atoms with Gasteiger partial charge in [0.2, 0.25) is 0 Å². The lowest BCUT2D eigenvalue weighted by Crippen LogP contribution is -2.45. The van der Waals surface area contributed by atoms with Gasteiger partial charge in [0.25, 0.3) is 0 Å². The van der Waals surface area contributed by atoms with Crippen LogP contribution < -0.4 is 5.32 Å². The van der Waals surface area contributed by atoms with Crippen molar-refractivity contribution in [3.63, 3.8) is 0 Å². The van der Waals surface area contributed by atoms with Crippen LogP contribution >= 0.6 is 0 Å². The minimum absolute atomic E-state index is 0.591. The summed E-state index contributed by atoms with van der Waals surface area (Å²) < 4.78 is 10.8. The van der Waals surface area contributed by atoms with Gasteiger partial charge in [0.05, 0.1) is 6.26 Å². The van der Waals surface area contributed by atoms with Crippen molar-refractivity contribution < 1.29 is 9.15 Å². The minimum Gasteiger partial charge on any atom is -0.467 e. The van der Waals surface area contributed by atoms with Gasteiger partial charge in [0.1, 0.15) is 12.4 Å². The highest BCUT2D eigenvalue weighted by Gasteiger charge is 2.31. The average molecular weight is 278 g/mol. The standard InChI is InChI=1S/C16H26N2O2/c1-4-15-12-14(6-9-18(15)8-1)17-7-3-10-19-13-16-5-2-11-20-16/h2,5,11,14-15,17H,1,3-4,6-10,12-13H2. The van der Waals surface area contributed by atoms with Crippen molar-refractivity contribution >= 4 is 0 Å². The van der Waals surface area contributed by atoms with E-state index >= 15 is 0 Å². The lowest BCUT2D eigenvalue weighted by Gasteiger charge is -2.35. The fraction of sp³-hybridized carbons (Fsp3) is 0.750. The molecule has 112 valence electrons. The first kappa shape index (κ1) is 14.1. The maximum Gasteiger partial charge on any atom is 0.129 e. The number of nitrogens with one attached hydrogen (secondary N) is 1. The predicted octanol–water partition coefficient (Wildman–Crippen LogP) is 2.40. The monoisotopic (exact) mass is 278 g/mol. The van der Waals surface area contributed by atoms with Gasteiger partial charge >= 0.3 is 0 Å². The third-order valence-electron chi connectivity index (χ3n) is 4.54. The van der Waals surface area contributed by atoms with Gasteiger partial charge in [-0.05, 0) is 63.9 Å². The van der Waals surface area contributed by atoms with E-state index in [-0.39, 0.29) is 0 Å². The Morgan fingerprint density at radius 1 is 1.35 bits per heavy atom. The lowest BCUT2D eigenvalue weighted by atomic mass is 9.97. The molecular formula is C16H26N2O2. The summed E-state index contributed by atoms with van der Waals surface area (Å²) in [7, 11) is 0. The molecule has 3 rings (SSSR count). The van der Waals surface area contributed by atoms with Crippen molar-refractivity contribution in [3.8, 4) is 0 Å². The van der Waals surface area contributed by atoms with E-state index in [4.69, 9.17) is 9.15 Å². The Hall–Kier alpha value is -0.840. The van der Waals surface area contributed by atoms with Gasteiger partial charge in [-0.2, -0.15) is 0 Å². The molecule has 2 atom stereocenters. The smallest absolute Gasteiger partial charge is 0.129 e. The molecular weight excluding hydrogens is 252 g/mol. The SMILES string of the molecule is c1coc(COCCCNC2CCN3CCCC3C2)c1. The number of fused-ring (bicyclic) bond motifs is 1. The van der Waals surface area contributed by atoms with E-state index in [1.807, 2.05) is 12.1 Å². The highest BCUT2D eigenvalue weighted by atomic mass is 16.5. The molecule has 0 spiro atoms. The fourth-order valence-electron chi connectivity index (χ4n) is 3.46. The second-order valence-electron chi connectivity index (χ2n) is 5.99. The second-order valence-corrected chi connectivity index (χ2v) is 5.99. The van der Waals surface area contributed by atoms with Gasteiger partial charge in [-0.15, -0.1) is 0 Å². The average Bonchev–Trinajstić information content (AvgIpc) is 3.13. The van der Waals surface area contributed by atoms with Crippen molar-refractivity contribution in [2.45, 2.75) is 50.8 Å². The van der Waals surface area contributed by atoms with Gasteiger partial charge in [0.15, 0.2) is 0 Å². The first-order valence-corrected chi connectivity index (χ1v) is 7.99. The summed E-state index contributed by atoms with van der Waals surface area (Å²) in [5.74, 6) is 0.909. The van der Waals surface area contributed by atoms with Crippen molar-refractivity contribution in [3.05, 3.63) is 24.2 Å². The van der Waals surface area contributed by atoms with Crippen molar-refractivity contribution in [2.24, 2.45) is 0 Å². The van der Waals surface area contributed by atoms with Crippen molar-refractivity contribution in [1.82, 2.24) is 10.2 Å². The molecule has 0 bridgehead atoms. The van der Waals surface area contributed by atoms with Crippen LogP contribution in [-0.4, -0.2) is 43.2 Å². The van der Waals surface area contributed by atoms with Crippen molar-refractivity contribution in [2.75, 3.05) is 26.2 Å². The summed E-state index contributed by atoms with van der Waals surface area (Å²) >= 11 is 0. The summed E-state index contributed by atoms with van der Waals surface area (Å²) in [5.41, 5.74) is 0. The summed E-state index contributed by atoms with van der Waals surface area (Å²) in [4.78, 5) is 2.67. The van der Waals surface area contributed by atoms with E-state index in [2.05, 4.69) is 10.2 Å². The zero-order valence-electron chi connectivity index (χ0n) is 12.2. The van der Waals surface area contributed by atoms with Gasteiger partial charge in [-0.1, -0.05) is 0 Å². The van der Waals surface area contributed by atoms with Crippen LogP contribution in [0.1, 0.15) is 37.9 Å². The van der Waals surface area contributed by atoms with E-state index in [1.165, 1.54) is 38.8 Å². The van der Waals surface area contributed by atoms with E-state index < -0.39 is 0 Å². The molecule has 0 aromatic carbocycles. The molecule has 2 fully saturated rings. The molecule has 2 aliphatic rings. The number of piperidine rings is 1. The molecule has 2 aliphatic heterocycles. The second kappa shape index (κ2) is 7.25. The highest BCUT2D eigenvalue weighted by Crippen LogP contribution is 2.26. The van der Waals surface area contributed by atoms with E-state index in [1.54, 1.807) is 6.26 Å². The third-order valence-corrected chi connectivity index (χ3v) is 4.54. The summed E-state index contributed by atoms with van der Waals surface area (Å²) in [6.45, 7) is 5.08. The van der Waals surface area contributed by atoms with Crippen LogP contribution in [0.5, 0.6) is 0 Å². The topological polar surface area (TPSA) is 37.6 Å². The lowest BCUT2D eigenvalue weighted by molar-refractivity contribution is 0.102. The summed E-state index contributed by atoms with van der Waals surface area (Å²) in [6.07, 6.45) is 8.22. The zero-order valence-corrected chi connectivity index (χ0v) is 12.2. The van der Waals surface area contributed by atoms with Gasteiger partial charge in [-0.25, -0.2) is 0 Å². The quantitative estimate of drug-likeness (QED) is 0.777. The molecule has 0 radical (unpaired) electrons. The van der Waals surface area contributed by atoms with Crippen LogP contribution in [0, 0.1) is 0 Å². The van der Waals surface area contributed by atoms with Crippen LogP contribution in [0.3, 0.4) is 0 Å². The molecule has 4 nitrogen and oxygen atoms in total. The predicted molar refractivity (Wildman–Crippen MR) is 78.6 cm³/mol. The first-order chi connectivity index (χ1) is 9.92. The van der Waals surface area contributed by atoms with Crippen molar-refractivity contribution in [1.29, 1.82) is 0 Å². The molecule has 2 unspecified atom stereocenters. The van der Waals surface area contributed by atoms with E-state index in [0.29, 0.717) is 6.61 Å². The molecule has 3 heterocycles. The van der Waals surface area contributed by atoms with Crippen LogP contribution in [0.15, 0.2) is 22.8 Å². The van der Waals surface area contributed by atoms with Crippen LogP contribution in [-0.2, 0) is 11.3 Å². The Labute approximate surface area is 121 Å². The molecule has 0 amide bonds. The number of rotatable bonds is 7. The Bertz CT molecular complexity index is 380. The highest BCUT2D eigenvalue weighted by molar-refractivity contribution is 4.96. The van der Waals surface area contributed by atoms with Crippen LogP contribution in [0.2, 0.25) is 0 Å². The van der Waals surface area contributed by atoms with Crippen LogP contribution in [0.25, 0.3) is 0 Å². The van der Waals surface area contributed by atoms with E-state index in [9.17, 15) is 0 Å². The number of nitrogens with zero attached hydrogens (tertiary/aromatic N) is 1. The maximum atomic E-state index is 5.59. The normalized spacial score (nSPS) is 26.8. The number of hydrogen-bond donors (Lipinski definition) is 1. The summed E-state index contributed by atoms with van der Waals surface area (Å²) in [5, 5.41) is 3.70. The van der Waals surface area contributed by atoms with Crippen LogP contribution in [0.4, 0.5) is 0 Å². The summed E-state index contributed by atoms with van der Waals surface area (Å²) in [6, 6.07) is 5.43. The Balaban J connectivity index is 1.23. The molecule has 1 N–H and O–H groups in total. The Kier molecular flexibility index (Phi) is 5.12. The Morgan fingerprint density at radius 3 is 3.25 bits per heavy atom. The molecule has 1 aromatic heterocycles. The number of ether oxygens (including phenoxy) is 1. The molecule has 1 aromatic rings. The zero-order chi connectivity index (χ0) is 13.6. The minimum atomic E-state index is 0.591. The Morgan fingerprint density at radius 2 is 2.35 bits per heavy atom. The molecule has 2 saturated heterocycles. The maximum absolute atomic E-state index is 5.59. The first-order valence-electron chi connectivity index (χ1n) is 7.99. The van der Waals surface area contributed by atoms with Gasteiger partial charge < -0.3 is 19.4 Å². The van der Waals surface area contributed by atoms with Gasteiger partial charge in [0, 0.05) is 18.7 Å². The molecule has 0 aliphatic carbocycles. The van der Waals surface area contributed by atoms with Gasteiger partial charge in [-0.3, -0.25) is 0 Å². The molecule has 20 heavy (non-hydrogen) atoms. The third kappa shape index (κ3) is 3.84. The number of hydrogen-bond acceptors (Lipinski definition) is 4. The molecule has 0 saturated carbocycles. The number of furan rings is 1. The fourth-order valence-corrected chi connectivity index (χ4v) is 3.46. The van der Waals surface area contributed by atoms with E-state index in [0.717, 1.165) is 37.4 Å². The largest absolute Gasteiger partial charge is 0.467 e.